The summed E-state index contributed by atoms with van der Waals surface area (Å²) in [5.74, 6) is 2.31. The van der Waals surface area contributed by atoms with Crippen LogP contribution in [0.15, 0.2) is 55.1 Å². The molecule has 0 radical (unpaired) electrons. The zero-order valence-corrected chi connectivity index (χ0v) is 18.5. The maximum Gasteiger partial charge on any atom is 0.223 e. The number of nitrogens with zero attached hydrogens (tertiary/aromatic N) is 3. The van der Waals surface area contributed by atoms with Crippen LogP contribution in [0.25, 0.3) is 11.0 Å². The fraction of sp³-hybridized carbons (Fsp3) is 0.385. The summed E-state index contributed by atoms with van der Waals surface area (Å²) in [4.78, 5) is 19.2. The molecule has 0 saturated carbocycles. The zero-order chi connectivity index (χ0) is 21.8. The molecule has 2 aromatic carbocycles. The highest BCUT2D eigenvalue weighted by atomic mass is 16.5. The highest BCUT2D eigenvalue weighted by Gasteiger charge is 2.33. The largest absolute Gasteiger partial charge is 0.493 e. The van der Waals surface area contributed by atoms with Crippen molar-refractivity contribution in [1.82, 2.24) is 14.5 Å². The number of hydrogen-bond donors (Lipinski definition) is 0. The molecule has 31 heavy (non-hydrogen) atoms. The second-order valence-electron chi connectivity index (χ2n) is 8.35. The normalized spacial score (nSPS) is 16.3. The van der Waals surface area contributed by atoms with E-state index in [4.69, 9.17) is 9.72 Å². The van der Waals surface area contributed by atoms with Gasteiger partial charge in [0.15, 0.2) is 0 Å². The average molecular weight is 418 g/mol. The molecule has 1 atom stereocenters. The summed E-state index contributed by atoms with van der Waals surface area (Å²) in [7, 11) is 0. The first-order valence-corrected chi connectivity index (χ1v) is 11.1. The van der Waals surface area contributed by atoms with E-state index in [-0.39, 0.29) is 11.8 Å². The lowest BCUT2D eigenvalue weighted by atomic mass is 10.1. The number of fused-ring (bicyclic) bond motifs is 1. The minimum atomic E-state index is 0.131. The van der Waals surface area contributed by atoms with Gasteiger partial charge < -0.3 is 14.2 Å². The molecule has 1 fully saturated rings. The molecular weight excluding hydrogens is 386 g/mol. The standard InChI is InChI=1S/C26H31N3O2/c1-4-14-28-18-21(17-25(28)30)26-27-22-11-5-6-12-23(22)29(26)15-7-8-16-31-24-13-9-10-19(2)20(24)3/h4-6,9-13,21H,1,7-8,14-18H2,2-3H3/t21-/m0/s1. The van der Waals surface area contributed by atoms with Crippen LogP contribution >= 0.6 is 0 Å². The van der Waals surface area contributed by atoms with Crippen LogP contribution in [0, 0.1) is 13.8 Å². The monoisotopic (exact) mass is 417 g/mol. The summed E-state index contributed by atoms with van der Waals surface area (Å²) in [5.41, 5.74) is 4.60. The molecule has 0 spiro atoms. The molecule has 5 heteroatoms. The fourth-order valence-corrected chi connectivity index (χ4v) is 4.35. The Kier molecular flexibility index (Phi) is 6.40. The Morgan fingerprint density at radius 1 is 1.16 bits per heavy atom. The predicted molar refractivity (Wildman–Crippen MR) is 125 cm³/mol. The summed E-state index contributed by atoms with van der Waals surface area (Å²) in [6, 6.07) is 14.4. The third kappa shape index (κ3) is 4.50. The number of aryl methyl sites for hydroxylation is 2. The van der Waals surface area contributed by atoms with Crippen molar-refractivity contribution in [2.75, 3.05) is 19.7 Å². The van der Waals surface area contributed by atoms with Crippen molar-refractivity contribution >= 4 is 16.9 Å². The zero-order valence-electron chi connectivity index (χ0n) is 18.5. The van der Waals surface area contributed by atoms with Gasteiger partial charge in [-0.2, -0.15) is 0 Å². The van der Waals surface area contributed by atoms with E-state index < -0.39 is 0 Å². The Labute approximate surface area is 184 Å². The van der Waals surface area contributed by atoms with E-state index in [9.17, 15) is 4.79 Å². The van der Waals surface area contributed by atoms with Gasteiger partial charge >= 0.3 is 0 Å². The number of imidazole rings is 1. The van der Waals surface area contributed by atoms with Crippen molar-refractivity contribution < 1.29 is 9.53 Å². The Morgan fingerprint density at radius 3 is 2.84 bits per heavy atom. The van der Waals surface area contributed by atoms with Crippen LogP contribution in [0.1, 0.15) is 42.1 Å². The Bertz CT molecular complexity index is 1090. The molecule has 4 rings (SSSR count). The molecule has 0 aliphatic carbocycles. The summed E-state index contributed by atoms with van der Waals surface area (Å²) in [6.45, 7) is 10.9. The van der Waals surface area contributed by atoms with Gasteiger partial charge in [0.05, 0.1) is 17.6 Å². The molecule has 162 valence electrons. The summed E-state index contributed by atoms with van der Waals surface area (Å²) >= 11 is 0. The number of amides is 1. The number of aromatic nitrogens is 2. The molecule has 1 amide bonds. The molecule has 0 unspecified atom stereocenters. The van der Waals surface area contributed by atoms with Crippen LogP contribution in [0.4, 0.5) is 0 Å². The molecule has 1 aliphatic rings. The number of hydrogen-bond acceptors (Lipinski definition) is 3. The van der Waals surface area contributed by atoms with Gasteiger partial charge in [-0.15, -0.1) is 6.58 Å². The van der Waals surface area contributed by atoms with Crippen LogP contribution in [0.5, 0.6) is 5.75 Å². The van der Waals surface area contributed by atoms with Crippen molar-refractivity contribution in [3.05, 3.63) is 72.1 Å². The number of likely N-dealkylation sites (tertiary alicyclic amines) is 1. The van der Waals surface area contributed by atoms with E-state index in [0.29, 0.717) is 26.1 Å². The van der Waals surface area contributed by atoms with Crippen molar-refractivity contribution in [2.24, 2.45) is 0 Å². The Morgan fingerprint density at radius 2 is 2.00 bits per heavy atom. The number of ether oxygens (including phenoxy) is 1. The number of carbonyl (C=O) groups excluding carboxylic acids is 1. The molecule has 1 saturated heterocycles. The number of benzene rings is 2. The van der Waals surface area contributed by atoms with Gasteiger partial charge in [0, 0.05) is 32.0 Å². The number of unbranched alkanes of at least 4 members (excludes halogenated alkanes) is 1. The molecular formula is C26H31N3O2. The number of para-hydroxylation sites is 2. The summed E-state index contributed by atoms with van der Waals surface area (Å²) in [6.07, 6.45) is 4.27. The molecule has 3 aromatic rings. The lowest BCUT2D eigenvalue weighted by Crippen LogP contribution is -2.25. The van der Waals surface area contributed by atoms with Gasteiger partial charge in [0.1, 0.15) is 11.6 Å². The maximum absolute atomic E-state index is 12.4. The highest BCUT2D eigenvalue weighted by Crippen LogP contribution is 2.30. The van der Waals surface area contributed by atoms with Crippen LogP contribution in [-0.4, -0.2) is 40.1 Å². The van der Waals surface area contributed by atoms with Crippen molar-refractivity contribution in [3.8, 4) is 5.75 Å². The van der Waals surface area contributed by atoms with E-state index in [1.54, 1.807) is 6.08 Å². The second-order valence-corrected chi connectivity index (χ2v) is 8.35. The van der Waals surface area contributed by atoms with Crippen molar-refractivity contribution in [2.45, 2.75) is 45.6 Å². The van der Waals surface area contributed by atoms with E-state index in [0.717, 1.165) is 42.0 Å². The Hall–Kier alpha value is -3.08. The van der Waals surface area contributed by atoms with Crippen LogP contribution < -0.4 is 4.74 Å². The predicted octanol–water partition coefficient (Wildman–Crippen LogP) is 5.01. The third-order valence-corrected chi connectivity index (χ3v) is 6.20. The third-order valence-electron chi connectivity index (χ3n) is 6.20. The van der Waals surface area contributed by atoms with Crippen LogP contribution in [0.2, 0.25) is 0 Å². The van der Waals surface area contributed by atoms with E-state index >= 15 is 0 Å². The Balaban J connectivity index is 1.43. The van der Waals surface area contributed by atoms with Gasteiger partial charge in [-0.25, -0.2) is 4.98 Å². The smallest absolute Gasteiger partial charge is 0.223 e. The van der Waals surface area contributed by atoms with Crippen LogP contribution in [-0.2, 0) is 11.3 Å². The first-order valence-electron chi connectivity index (χ1n) is 11.1. The second kappa shape index (κ2) is 9.38. The molecule has 0 N–H and O–H groups in total. The molecule has 2 heterocycles. The summed E-state index contributed by atoms with van der Waals surface area (Å²) in [5, 5.41) is 0. The molecule has 5 nitrogen and oxygen atoms in total. The van der Waals surface area contributed by atoms with E-state index in [1.165, 1.54) is 11.1 Å². The highest BCUT2D eigenvalue weighted by molar-refractivity contribution is 5.81. The first kappa shape index (κ1) is 21.2. The van der Waals surface area contributed by atoms with Gasteiger partial charge in [-0.05, 0) is 56.0 Å². The minimum Gasteiger partial charge on any atom is -0.493 e. The SMILES string of the molecule is C=CCN1C[C@@H](c2nc3ccccc3n2CCCCOc2cccc(C)c2C)CC1=O. The number of carbonyl (C=O) groups is 1. The fourth-order valence-electron chi connectivity index (χ4n) is 4.35. The lowest BCUT2D eigenvalue weighted by Gasteiger charge is -2.16. The van der Waals surface area contributed by atoms with Crippen LogP contribution in [0.3, 0.4) is 0 Å². The lowest BCUT2D eigenvalue weighted by molar-refractivity contribution is -0.127. The maximum atomic E-state index is 12.4. The first-order chi connectivity index (χ1) is 15.1. The van der Waals surface area contributed by atoms with E-state index in [1.807, 2.05) is 23.1 Å². The van der Waals surface area contributed by atoms with Gasteiger partial charge in [0.2, 0.25) is 5.91 Å². The minimum absolute atomic E-state index is 0.131. The molecule has 0 bridgehead atoms. The van der Waals surface area contributed by atoms with Gasteiger partial charge in [0.25, 0.3) is 0 Å². The quantitative estimate of drug-likeness (QED) is 0.363. The van der Waals surface area contributed by atoms with Crippen molar-refractivity contribution in [3.63, 3.8) is 0 Å². The molecule has 1 aromatic heterocycles. The topological polar surface area (TPSA) is 47.4 Å². The molecule has 1 aliphatic heterocycles. The van der Waals surface area contributed by atoms with Gasteiger partial charge in [-0.1, -0.05) is 30.3 Å². The van der Waals surface area contributed by atoms with Crippen molar-refractivity contribution in [1.29, 1.82) is 0 Å². The average Bonchev–Trinajstić information content (AvgIpc) is 3.31. The van der Waals surface area contributed by atoms with Gasteiger partial charge in [-0.3, -0.25) is 4.79 Å². The van der Waals surface area contributed by atoms with E-state index in [2.05, 4.69) is 49.3 Å². The summed E-state index contributed by atoms with van der Waals surface area (Å²) < 4.78 is 8.33. The number of rotatable bonds is 9.